The maximum absolute atomic E-state index is 13.2. The first-order chi connectivity index (χ1) is 19.6. The third-order valence-electron chi connectivity index (χ3n) is 6.10. The van der Waals surface area contributed by atoms with Crippen LogP contribution in [0.2, 0.25) is 0 Å². The van der Waals surface area contributed by atoms with E-state index in [0.29, 0.717) is 80.5 Å². The van der Waals surface area contributed by atoms with Gasteiger partial charge in [0.15, 0.2) is 5.52 Å². The third-order valence-corrected chi connectivity index (χ3v) is 7.48. The Morgan fingerprint density at radius 2 is 1.63 bits per heavy atom. The number of fused-ring (bicyclic) bond motifs is 1. The topological polar surface area (TPSA) is 98.9 Å². The number of ether oxygens (including phenoxy) is 5. The lowest BCUT2D eigenvalue weighted by Crippen LogP contribution is -2.38. The number of hydrogen-bond acceptors (Lipinski definition) is 8. The number of pyridine rings is 1. The standard InChI is InChI=1S/C28H39F3N3O6S/c1-20-24(18-41-19-27(2,3)40-16-15-39-14-13-38-12-11-37-10-9-35)34(8-7-25(20)36-4)26-32-22-6-5-21(28(29,30)31)17-23(22)33-26/h5-8,17,35H,9-16,18-19H2,1-4H3,(H,32,33)/q+1. The molecule has 2 aromatic heterocycles. The van der Waals surface area contributed by atoms with Gasteiger partial charge in [0.25, 0.3) is 0 Å². The summed E-state index contributed by atoms with van der Waals surface area (Å²) in [6.45, 7) is 8.94. The average molecular weight is 603 g/mol. The molecule has 0 aliphatic carbocycles. The van der Waals surface area contributed by atoms with E-state index in [1.807, 2.05) is 25.3 Å². The van der Waals surface area contributed by atoms with Gasteiger partial charge in [-0.2, -0.15) is 24.9 Å². The molecular formula is C28H39F3N3O6S+. The average Bonchev–Trinajstić information content (AvgIpc) is 3.35. The van der Waals surface area contributed by atoms with E-state index < -0.39 is 17.3 Å². The molecule has 0 aliphatic heterocycles. The maximum Gasteiger partial charge on any atom is 0.416 e. The molecule has 3 aromatic rings. The summed E-state index contributed by atoms with van der Waals surface area (Å²) >= 11 is 1.67. The van der Waals surface area contributed by atoms with Gasteiger partial charge in [0.2, 0.25) is 0 Å². The van der Waals surface area contributed by atoms with Crippen molar-refractivity contribution >= 4 is 22.8 Å². The van der Waals surface area contributed by atoms with E-state index in [1.165, 1.54) is 6.07 Å². The summed E-state index contributed by atoms with van der Waals surface area (Å²) in [7, 11) is 1.60. The molecule has 0 saturated heterocycles. The van der Waals surface area contributed by atoms with E-state index in [-0.39, 0.29) is 6.61 Å². The molecule has 2 N–H and O–H groups in total. The Morgan fingerprint density at radius 1 is 0.976 bits per heavy atom. The third kappa shape index (κ3) is 10.1. The lowest BCUT2D eigenvalue weighted by Gasteiger charge is -2.25. The van der Waals surface area contributed by atoms with Gasteiger partial charge in [0.1, 0.15) is 17.0 Å². The molecule has 0 atom stereocenters. The Labute approximate surface area is 242 Å². The van der Waals surface area contributed by atoms with E-state index >= 15 is 0 Å². The number of aromatic amines is 1. The maximum atomic E-state index is 13.2. The van der Waals surface area contributed by atoms with Crippen LogP contribution in [0, 0.1) is 6.92 Å². The molecule has 13 heteroatoms. The molecular weight excluding hydrogens is 563 g/mol. The van der Waals surface area contributed by atoms with Crippen LogP contribution in [-0.2, 0) is 30.9 Å². The second-order valence-corrected chi connectivity index (χ2v) is 10.8. The first kappa shape index (κ1) is 33.1. The molecule has 0 fully saturated rings. The van der Waals surface area contributed by atoms with Gasteiger partial charge in [-0.25, -0.2) is 9.55 Å². The van der Waals surface area contributed by atoms with E-state index in [9.17, 15) is 13.2 Å². The second-order valence-electron chi connectivity index (χ2n) is 9.78. The summed E-state index contributed by atoms with van der Waals surface area (Å²) in [5.74, 6) is 2.42. The number of alkyl halides is 3. The van der Waals surface area contributed by atoms with Gasteiger partial charge in [-0.3, -0.25) is 0 Å². The number of halogens is 3. The van der Waals surface area contributed by atoms with Crippen molar-refractivity contribution in [1.82, 2.24) is 9.97 Å². The molecule has 3 rings (SSSR count). The first-order valence-electron chi connectivity index (χ1n) is 13.3. The summed E-state index contributed by atoms with van der Waals surface area (Å²) in [6.07, 6.45) is -2.63. The van der Waals surface area contributed by atoms with E-state index in [1.54, 1.807) is 31.1 Å². The van der Waals surface area contributed by atoms with Gasteiger partial charge in [-0.15, -0.1) is 0 Å². The van der Waals surface area contributed by atoms with Crippen molar-refractivity contribution in [2.75, 3.05) is 65.7 Å². The molecule has 0 amide bonds. The number of H-pyrrole nitrogens is 1. The molecule has 0 saturated carbocycles. The largest absolute Gasteiger partial charge is 0.496 e. The van der Waals surface area contributed by atoms with Crippen molar-refractivity contribution in [3.05, 3.63) is 47.3 Å². The summed E-state index contributed by atoms with van der Waals surface area (Å²) in [6, 6.07) is 5.29. The van der Waals surface area contributed by atoms with Gasteiger partial charge in [-0.1, -0.05) is 4.98 Å². The predicted octanol–water partition coefficient (Wildman–Crippen LogP) is 4.25. The number of methoxy groups -OCH3 is 1. The smallest absolute Gasteiger partial charge is 0.416 e. The highest BCUT2D eigenvalue weighted by Gasteiger charge is 2.32. The number of aliphatic hydroxyl groups is 1. The Kier molecular flexibility index (Phi) is 12.7. The molecule has 2 heterocycles. The molecule has 0 radical (unpaired) electrons. The van der Waals surface area contributed by atoms with Crippen LogP contribution in [0.3, 0.4) is 0 Å². The zero-order chi connectivity index (χ0) is 29.9. The lowest BCUT2D eigenvalue weighted by molar-refractivity contribution is -0.610. The van der Waals surface area contributed by atoms with Crippen LogP contribution in [0.25, 0.3) is 17.0 Å². The van der Waals surface area contributed by atoms with Crippen molar-refractivity contribution in [1.29, 1.82) is 0 Å². The van der Waals surface area contributed by atoms with Crippen molar-refractivity contribution in [2.24, 2.45) is 0 Å². The number of aliphatic hydroxyl groups excluding tert-OH is 1. The Bertz CT molecular complexity index is 1240. The van der Waals surface area contributed by atoms with Crippen LogP contribution in [0.1, 0.15) is 30.7 Å². The number of nitrogens with zero attached hydrogens (tertiary/aromatic N) is 2. The van der Waals surface area contributed by atoms with Crippen LogP contribution in [0.5, 0.6) is 5.75 Å². The second kappa shape index (κ2) is 15.7. The Balaban J connectivity index is 1.54. The van der Waals surface area contributed by atoms with Crippen molar-refractivity contribution in [3.63, 3.8) is 0 Å². The normalized spacial score (nSPS) is 12.4. The molecule has 9 nitrogen and oxygen atoms in total. The van der Waals surface area contributed by atoms with Gasteiger partial charge in [0.05, 0.1) is 77.3 Å². The number of nitrogens with one attached hydrogen (secondary N) is 1. The molecule has 0 bridgehead atoms. The molecule has 1 aromatic carbocycles. The van der Waals surface area contributed by atoms with Crippen LogP contribution in [0.4, 0.5) is 13.2 Å². The number of aromatic nitrogens is 3. The van der Waals surface area contributed by atoms with Gasteiger partial charge < -0.3 is 28.8 Å². The summed E-state index contributed by atoms with van der Waals surface area (Å²) < 4.78 is 69.1. The quantitative estimate of drug-likeness (QED) is 0.165. The SMILES string of the molecule is COc1cc[n+](-c2nc3ccc(C(F)(F)F)cc3[nH]2)c(CSCC(C)(C)OCCOCCOCCOCCO)c1C. The van der Waals surface area contributed by atoms with E-state index in [4.69, 9.17) is 28.8 Å². The molecule has 0 aliphatic rings. The molecule has 41 heavy (non-hydrogen) atoms. The highest BCUT2D eigenvalue weighted by molar-refractivity contribution is 7.98. The van der Waals surface area contributed by atoms with Crippen molar-refractivity contribution < 1.29 is 46.5 Å². The summed E-state index contributed by atoms with van der Waals surface area (Å²) in [5, 5.41) is 8.65. The summed E-state index contributed by atoms with van der Waals surface area (Å²) in [4.78, 5) is 7.58. The molecule has 228 valence electrons. The van der Waals surface area contributed by atoms with Crippen LogP contribution >= 0.6 is 11.8 Å². The van der Waals surface area contributed by atoms with Crippen molar-refractivity contribution in [3.8, 4) is 11.7 Å². The van der Waals surface area contributed by atoms with Gasteiger partial charge in [-0.05, 0) is 39.0 Å². The van der Waals surface area contributed by atoms with Gasteiger partial charge >= 0.3 is 12.1 Å². The zero-order valence-corrected chi connectivity index (χ0v) is 24.7. The first-order valence-corrected chi connectivity index (χ1v) is 14.4. The fraction of sp³-hybridized carbons (Fsp3) is 0.571. The highest BCUT2D eigenvalue weighted by Crippen LogP contribution is 2.31. The van der Waals surface area contributed by atoms with E-state index in [0.717, 1.165) is 23.4 Å². The van der Waals surface area contributed by atoms with Gasteiger partial charge in [0, 0.05) is 23.1 Å². The van der Waals surface area contributed by atoms with Crippen LogP contribution < -0.4 is 9.30 Å². The Morgan fingerprint density at radius 3 is 2.27 bits per heavy atom. The zero-order valence-electron chi connectivity index (χ0n) is 23.9. The lowest BCUT2D eigenvalue weighted by atomic mass is 10.2. The minimum Gasteiger partial charge on any atom is -0.496 e. The number of rotatable bonds is 18. The fourth-order valence-corrected chi connectivity index (χ4v) is 5.21. The number of imidazole rings is 1. The fourth-order valence-electron chi connectivity index (χ4n) is 3.98. The molecule has 0 unspecified atom stereocenters. The van der Waals surface area contributed by atoms with Crippen LogP contribution in [0.15, 0.2) is 30.5 Å². The molecule has 0 spiro atoms. The number of hydrogen-bond donors (Lipinski definition) is 2. The van der Waals surface area contributed by atoms with Crippen molar-refractivity contribution in [2.45, 2.75) is 38.3 Å². The summed E-state index contributed by atoms with van der Waals surface area (Å²) in [5.41, 5.74) is 1.43. The highest BCUT2D eigenvalue weighted by atomic mass is 32.2. The Hall–Kier alpha value is -2.42. The van der Waals surface area contributed by atoms with Crippen LogP contribution in [-0.4, -0.2) is 86.4 Å². The predicted molar refractivity (Wildman–Crippen MR) is 150 cm³/mol. The van der Waals surface area contributed by atoms with E-state index in [2.05, 4.69) is 9.97 Å². The number of benzene rings is 1. The number of thioether (sulfide) groups is 1. The minimum absolute atomic E-state index is 0.00127. The minimum atomic E-state index is -4.43. The monoisotopic (exact) mass is 602 g/mol.